The lowest BCUT2D eigenvalue weighted by atomic mass is 10.3. The highest BCUT2D eigenvalue weighted by atomic mass is 79.9. The summed E-state index contributed by atoms with van der Waals surface area (Å²) in [5.74, 6) is 3.26. The van der Waals surface area contributed by atoms with Gasteiger partial charge < -0.3 is 10.5 Å². The third-order valence-corrected chi connectivity index (χ3v) is 1.58. The number of nitrogens with zero attached hydrogens (tertiary/aromatic N) is 2. The molecule has 1 heterocycles. The predicted molar refractivity (Wildman–Crippen MR) is 73.2 cm³/mol. The van der Waals surface area contributed by atoms with Crippen molar-refractivity contribution in [3.63, 3.8) is 0 Å². The Morgan fingerprint density at radius 3 is 2.41 bits per heavy atom. The number of esters is 1. The summed E-state index contributed by atoms with van der Waals surface area (Å²) in [6.07, 6.45) is 3.22. The van der Waals surface area contributed by atoms with Crippen LogP contribution in [0.2, 0.25) is 0 Å². The second kappa shape index (κ2) is 13.5. The molecule has 17 heavy (non-hydrogen) atoms. The van der Waals surface area contributed by atoms with Crippen molar-refractivity contribution in [2.75, 3.05) is 25.3 Å². The van der Waals surface area contributed by atoms with Gasteiger partial charge in [0, 0.05) is 6.07 Å². The van der Waals surface area contributed by atoms with Crippen LogP contribution >= 0.6 is 31.9 Å². The first-order chi connectivity index (χ1) is 8.27. The Hall–Kier alpha value is -0.530. The average Bonchev–Trinajstić information content (AvgIpc) is 2.43. The first kappa shape index (κ1) is 18.8. The van der Waals surface area contributed by atoms with Crippen molar-refractivity contribution in [2.45, 2.75) is 6.54 Å². The molecular formula is C10H19Br2N3O2+2. The highest BCUT2D eigenvalue weighted by molar-refractivity contribution is 9.09. The minimum atomic E-state index is -0.366. The minimum Gasteiger partial charge on any atom is -0.465 e. The van der Waals surface area contributed by atoms with E-state index in [9.17, 15) is 4.79 Å². The van der Waals surface area contributed by atoms with Crippen LogP contribution in [-0.2, 0) is 11.3 Å². The summed E-state index contributed by atoms with van der Waals surface area (Å²) in [5.41, 5.74) is 4.16. The van der Waals surface area contributed by atoms with Crippen molar-refractivity contribution < 1.29 is 19.9 Å². The molecule has 0 saturated heterocycles. The third kappa shape index (κ3) is 8.23. The number of ether oxygens (including phenoxy) is 1. The zero-order valence-corrected chi connectivity index (χ0v) is 13.5. The zero-order valence-electron chi connectivity index (χ0n) is 10.3. The van der Waals surface area contributed by atoms with Crippen molar-refractivity contribution in [3.05, 3.63) is 24.0 Å². The van der Waals surface area contributed by atoms with E-state index in [1.165, 1.54) is 13.3 Å². The number of quaternary nitrogens is 1. The van der Waals surface area contributed by atoms with Crippen LogP contribution in [0.15, 0.2) is 18.5 Å². The Balaban J connectivity index is 0. The molecule has 0 amide bonds. The van der Waals surface area contributed by atoms with Gasteiger partial charge in [-0.15, -0.1) is 0 Å². The van der Waals surface area contributed by atoms with Gasteiger partial charge in [0.2, 0.25) is 6.54 Å². The van der Waals surface area contributed by atoms with E-state index in [0.29, 0.717) is 5.56 Å². The molecule has 0 saturated carbocycles. The number of hydrogen-bond acceptors (Lipinski definition) is 3. The molecule has 0 aliphatic carbocycles. The summed E-state index contributed by atoms with van der Waals surface area (Å²) in [6.45, 7) is 1.52. The van der Waals surface area contributed by atoms with E-state index < -0.39 is 0 Å². The minimum absolute atomic E-state index is 0.366. The highest BCUT2D eigenvalue weighted by Gasteiger charge is 2.08. The Bertz CT molecular complexity index is 294. The normalized spacial score (nSPS) is 8.12. The fourth-order valence-electron chi connectivity index (χ4n) is 0.917. The largest absolute Gasteiger partial charge is 0.465 e. The first-order valence-corrected chi connectivity index (χ1v) is 7.94. The van der Waals surface area contributed by atoms with E-state index in [4.69, 9.17) is 0 Å². The van der Waals surface area contributed by atoms with Gasteiger partial charge in [-0.05, 0) is 16.8 Å². The average molecular weight is 373 g/mol. The molecule has 1 rings (SSSR count). The molecule has 7 heteroatoms. The molecule has 0 atom stereocenters. The van der Waals surface area contributed by atoms with E-state index in [1.807, 2.05) is 11.7 Å². The van der Waals surface area contributed by atoms with Crippen molar-refractivity contribution in [2.24, 2.45) is 0 Å². The predicted octanol–water partition coefficient (Wildman–Crippen LogP) is 0.420. The van der Waals surface area contributed by atoms with Crippen LogP contribution in [0.1, 0.15) is 10.4 Å². The maximum absolute atomic E-state index is 11.0. The number of methoxy groups -OCH3 is 1. The number of hydrogen-bond donors (Lipinski definition) is 1. The molecule has 5 nitrogen and oxygen atoms in total. The molecular weight excluding hydrogens is 354 g/mol. The summed E-state index contributed by atoms with van der Waals surface area (Å²) in [7, 11) is 1.35. The number of carbonyl (C=O) groups excluding carboxylic acids is 1. The molecule has 0 aromatic carbocycles. The number of alkyl halides is 2. The van der Waals surface area contributed by atoms with E-state index in [-0.39, 0.29) is 5.97 Å². The van der Waals surface area contributed by atoms with Gasteiger partial charge in [0.05, 0.1) is 12.7 Å². The van der Waals surface area contributed by atoms with Gasteiger partial charge in [-0.2, -0.15) is 0 Å². The third-order valence-electron chi connectivity index (χ3n) is 1.58. The van der Waals surface area contributed by atoms with Gasteiger partial charge in [0.15, 0.2) is 6.20 Å². The van der Waals surface area contributed by atoms with E-state index in [0.717, 1.165) is 13.1 Å². The lowest BCUT2D eigenvalue weighted by molar-refractivity contribution is -0.765. The van der Waals surface area contributed by atoms with Crippen molar-refractivity contribution >= 4 is 37.8 Å². The van der Waals surface area contributed by atoms with E-state index in [2.05, 4.69) is 47.4 Å². The smallest absolute Gasteiger partial charge is 0.339 e. The number of rotatable bonds is 3. The quantitative estimate of drug-likeness (QED) is 0.475. The number of aromatic nitrogens is 2. The SMILES string of the molecule is CBr.CBr.COC(=O)c1cc[n+](CC[NH3+])nc1. The summed E-state index contributed by atoms with van der Waals surface area (Å²) in [5, 5.41) is 4.01. The zero-order chi connectivity index (χ0) is 13.7. The highest BCUT2D eigenvalue weighted by Crippen LogP contribution is 1.94. The molecule has 0 radical (unpaired) electrons. The maximum Gasteiger partial charge on any atom is 0.339 e. The lowest BCUT2D eigenvalue weighted by Gasteiger charge is -1.95. The fraction of sp³-hybridized carbons (Fsp3) is 0.500. The van der Waals surface area contributed by atoms with Crippen LogP contribution in [0.5, 0.6) is 0 Å². The molecule has 0 bridgehead atoms. The Morgan fingerprint density at radius 1 is 1.47 bits per heavy atom. The molecule has 3 N–H and O–H groups in total. The number of halogens is 2. The van der Waals surface area contributed by atoms with E-state index in [1.54, 1.807) is 16.9 Å². The second-order valence-electron chi connectivity index (χ2n) is 2.52. The summed E-state index contributed by atoms with van der Waals surface area (Å²) in [6, 6.07) is 1.68. The summed E-state index contributed by atoms with van der Waals surface area (Å²) >= 11 is 5.88. The lowest BCUT2D eigenvalue weighted by Crippen LogP contribution is -2.57. The first-order valence-electron chi connectivity index (χ1n) is 4.77. The van der Waals surface area contributed by atoms with Crippen LogP contribution in [0.4, 0.5) is 0 Å². The standard InChI is InChI=1S/C8H12N3O2.2CH3Br/c1-13-8(12)7-2-4-11(5-3-9)10-6-7;2*1-2/h2,4,6H,3,5,9H2,1H3;2*1H3/q+1;;/p+1. The molecule has 1 aromatic heterocycles. The van der Waals surface area contributed by atoms with Crippen LogP contribution in [0.3, 0.4) is 0 Å². The summed E-state index contributed by atoms with van der Waals surface area (Å²) < 4.78 is 6.26. The second-order valence-corrected chi connectivity index (χ2v) is 2.52. The summed E-state index contributed by atoms with van der Waals surface area (Å²) in [4.78, 5) is 11.0. The molecule has 0 fully saturated rings. The number of carbonyl (C=O) groups is 1. The molecule has 0 aliphatic heterocycles. The van der Waals surface area contributed by atoms with Gasteiger partial charge in [0.1, 0.15) is 12.7 Å². The van der Waals surface area contributed by atoms with Crippen molar-refractivity contribution in [1.82, 2.24) is 5.10 Å². The monoisotopic (exact) mass is 371 g/mol. The molecule has 0 unspecified atom stereocenters. The molecule has 98 valence electrons. The fourth-order valence-corrected chi connectivity index (χ4v) is 0.917. The van der Waals surface area contributed by atoms with Crippen molar-refractivity contribution in [1.29, 1.82) is 0 Å². The van der Waals surface area contributed by atoms with E-state index >= 15 is 0 Å². The van der Waals surface area contributed by atoms with Gasteiger partial charge >= 0.3 is 5.97 Å². The van der Waals surface area contributed by atoms with Crippen LogP contribution in [0.25, 0.3) is 0 Å². The van der Waals surface area contributed by atoms with Gasteiger partial charge in [-0.1, -0.05) is 36.5 Å². The van der Waals surface area contributed by atoms with Crippen LogP contribution in [0, 0.1) is 0 Å². The molecule has 0 spiro atoms. The molecule has 1 aromatic rings. The van der Waals surface area contributed by atoms with Gasteiger partial charge in [0.25, 0.3) is 0 Å². The molecule has 0 aliphatic rings. The van der Waals surface area contributed by atoms with Gasteiger partial charge in [-0.25, -0.2) is 4.79 Å². The van der Waals surface area contributed by atoms with Crippen LogP contribution < -0.4 is 10.4 Å². The maximum atomic E-state index is 11.0. The van der Waals surface area contributed by atoms with Crippen molar-refractivity contribution in [3.8, 4) is 0 Å². The Morgan fingerprint density at radius 2 is 2.06 bits per heavy atom. The topological polar surface area (TPSA) is 70.7 Å². The Kier molecular flexibility index (Phi) is 15.0. The Labute approximate surface area is 119 Å². The van der Waals surface area contributed by atoms with Crippen LogP contribution in [-0.4, -0.2) is 36.4 Å². The van der Waals surface area contributed by atoms with Gasteiger partial charge in [-0.3, -0.25) is 0 Å².